The summed E-state index contributed by atoms with van der Waals surface area (Å²) in [5, 5.41) is 12.2. The maximum atomic E-state index is 12.0. The van der Waals surface area contributed by atoms with Gasteiger partial charge in [-0.3, -0.25) is 10.1 Å². The summed E-state index contributed by atoms with van der Waals surface area (Å²) in [4.78, 5) is 12.0. The number of carbonyl (C=O) groups excluding carboxylic acids is 1. The zero-order valence-corrected chi connectivity index (χ0v) is 15.9. The second-order valence-electron chi connectivity index (χ2n) is 5.68. The number of hydrogen-bond donors (Lipinski definition) is 1. The van der Waals surface area contributed by atoms with E-state index in [0.29, 0.717) is 11.0 Å². The summed E-state index contributed by atoms with van der Waals surface area (Å²) in [5.74, 6) is 1.09. The largest absolute Gasteiger partial charge is 0.297 e. The SMILES string of the molecule is O=C(C=CC1CC=CCC1)Nc1nnc(SCc2ccc(Cl)cc2)s1. The van der Waals surface area contributed by atoms with Gasteiger partial charge in [0.05, 0.1) is 0 Å². The fourth-order valence-electron chi connectivity index (χ4n) is 2.41. The number of hydrogen-bond acceptors (Lipinski definition) is 5. The fourth-order valence-corrected chi connectivity index (χ4v) is 4.24. The Labute approximate surface area is 160 Å². The van der Waals surface area contributed by atoms with Crippen molar-refractivity contribution >= 4 is 45.7 Å². The number of allylic oxidation sites excluding steroid dienone is 3. The molecule has 1 amide bonds. The van der Waals surface area contributed by atoms with E-state index in [1.54, 1.807) is 17.8 Å². The Balaban J connectivity index is 1.47. The van der Waals surface area contributed by atoms with Crippen LogP contribution in [0.15, 0.2) is 52.9 Å². The molecule has 1 heterocycles. The lowest BCUT2D eigenvalue weighted by Crippen LogP contribution is -2.09. The highest BCUT2D eigenvalue weighted by Crippen LogP contribution is 2.28. The number of rotatable bonds is 6. The predicted octanol–water partition coefficient (Wildman–Crippen LogP) is 5.33. The molecule has 3 rings (SSSR count). The monoisotopic (exact) mass is 391 g/mol. The number of aromatic nitrogens is 2. The summed E-state index contributed by atoms with van der Waals surface area (Å²) >= 11 is 8.85. The summed E-state index contributed by atoms with van der Waals surface area (Å²) < 4.78 is 0.826. The Morgan fingerprint density at radius 1 is 1.32 bits per heavy atom. The standard InChI is InChI=1S/C18H18ClN3OS2/c19-15-9-6-14(7-10-15)12-24-18-22-21-17(25-18)20-16(23)11-8-13-4-2-1-3-5-13/h1-2,6-11,13H,3-5,12H2,(H,20,21,23). The smallest absolute Gasteiger partial charge is 0.249 e. The van der Waals surface area contributed by atoms with Crippen molar-refractivity contribution in [2.24, 2.45) is 5.92 Å². The molecule has 25 heavy (non-hydrogen) atoms. The van der Waals surface area contributed by atoms with Crippen LogP contribution in [0.25, 0.3) is 0 Å². The van der Waals surface area contributed by atoms with Crippen LogP contribution >= 0.6 is 34.7 Å². The molecule has 1 aromatic heterocycles. The second kappa shape index (κ2) is 9.17. The van der Waals surface area contributed by atoms with Crippen molar-refractivity contribution in [3.05, 3.63) is 59.2 Å². The summed E-state index contributed by atoms with van der Waals surface area (Å²) in [6.45, 7) is 0. The first kappa shape index (κ1) is 18.2. The molecular formula is C18H18ClN3OS2. The third-order valence-corrected chi connectivity index (χ3v) is 6.04. The van der Waals surface area contributed by atoms with Crippen molar-refractivity contribution in [2.45, 2.75) is 29.4 Å². The number of amides is 1. The molecule has 1 aliphatic rings. The normalized spacial score (nSPS) is 17.1. The van der Waals surface area contributed by atoms with Gasteiger partial charge in [-0.1, -0.05) is 65.1 Å². The van der Waals surface area contributed by atoms with Crippen LogP contribution in [0, 0.1) is 5.92 Å². The Morgan fingerprint density at radius 2 is 2.16 bits per heavy atom. The van der Waals surface area contributed by atoms with Crippen LogP contribution in [0.4, 0.5) is 5.13 Å². The van der Waals surface area contributed by atoms with Gasteiger partial charge in [-0.05, 0) is 49.0 Å². The van der Waals surface area contributed by atoms with Crippen molar-refractivity contribution in [3.8, 4) is 0 Å². The quantitative estimate of drug-likeness (QED) is 0.312. The van der Waals surface area contributed by atoms with E-state index in [1.807, 2.05) is 30.3 Å². The van der Waals surface area contributed by atoms with E-state index in [2.05, 4.69) is 27.7 Å². The highest BCUT2D eigenvalue weighted by Gasteiger charge is 2.09. The minimum atomic E-state index is -0.153. The van der Waals surface area contributed by atoms with Gasteiger partial charge in [0.25, 0.3) is 0 Å². The molecule has 1 unspecified atom stereocenters. The predicted molar refractivity (Wildman–Crippen MR) is 105 cm³/mol. The third kappa shape index (κ3) is 5.99. The van der Waals surface area contributed by atoms with Crippen LogP contribution in [-0.4, -0.2) is 16.1 Å². The molecule has 0 radical (unpaired) electrons. The summed E-state index contributed by atoms with van der Waals surface area (Å²) in [7, 11) is 0. The topological polar surface area (TPSA) is 54.9 Å². The van der Waals surface area contributed by atoms with Crippen molar-refractivity contribution in [3.63, 3.8) is 0 Å². The molecule has 0 saturated carbocycles. The number of nitrogens with one attached hydrogen (secondary N) is 1. The highest BCUT2D eigenvalue weighted by molar-refractivity contribution is 8.00. The Hall–Kier alpha value is -1.63. The summed E-state index contributed by atoms with van der Waals surface area (Å²) in [6, 6.07) is 7.73. The lowest BCUT2D eigenvalue weighted by atomic mass is 9.94. The summed E-state index contributed by atoms with van der Waals surface area (Å²) in [5.41, 5.74) is 1.17. The fraction of sp³-hybridized carbons (Fsp3) is 0.278. The average molecular weight is 392 g/mol. The molecule has 1 aliphatic carbocycles. The van der Waals surface area contributed by atoms with Crippen LogP contribution < -0.4 is 5.32 Å². The van der Waals surface area contributed by atoms with E-state index < -0.39 is 0 Å². The highest BCUT2D eigenvalue weighted by atomic mass is 35.5. The van der Waals surface area contributed by atoms with Crippen LogP contribution in [0.1, 0.15) is 24.8 Å². The van der Waals surface area contributed by atoms with Crippen molar-refractivity contribution < 1.29 is 4.79 Å². The van der Waals surface area contributed by atoms with E-state index >= 15 is 0 Å². The minimum Gasteiger partial charge on any atom is -0.297 e. The maximum Gasteiger partial charge on any atom is 0.249 e. The van der Waals surface area contributed by atoms with Crippen molar-refractivity contribution in [1.29, 1.82) is 0 Å². The van der Waals surface area contributed by atoms with Gasteiger partial charge < -0.3 is 0 Å². The molecule has 0 fully saturated rings. The first-order valence-corrected chi connectivity index (χ1v) is 10.2. The number of thioether (sulfide) groups is 1. The van der Waals surface area contributed by atoms with E-state index in [0.717, 1.165) is 34.4 Å². The van der Waals surface area contributed by atoms with Gasteiger partial charge in [0.2, 0.25) is 11.0 Å². The minimum absolute atomic E-state index is 0.153. The van der Waals surface area contributed by atoms with Gasteiger partial charge in [-0.25, -0.2) is 0 Å². The number of halogens is 1. The molecule has 7 heteroatoms. The molecule has 0 bridgehead atoms. The molecule has 1 aromatic carbocycles. The average Bonchev–Trinajstić information content (AvgIpc) is 3.08. The molecule has 4 nitrogen and oxygen atoms in total. The number of benzene rings is 1. The number of anilines is 1. The molecule has 0 spiro atoms. The van der Waals surface area contributed by atoms with E-state index in [9.17, 15) is 4.79 Å². The van der Waals surface area contributed by atoms with Gasteiger partial charge in [0.1, 0.15) is 0 Å². The van der Waals surface area contributed by atoms with Crippen LogP contribution in [0.3, 0.4) is 0 Å². The third-order valence-electron chi connectivity index (χ3n) is 3.74. The summed E-state index contributed by atoms with van der Waals surface area (Å²) in [6.07, 6.45) is 11.1. The van der Waals surface area contributed by atoms with Crippen LogP contribution in [-0.2, 0) is 10.5 Å². The van der Waals surface area contributed by atoms with Gasteiger partial charge in [0, 0.05) is 10.8 Å². The molecule has 1 N–H and O–H groups in total. The van der Waals surface area contributed by atoms with E-state index in [4.69, 9.17) is 11.6 Å². The van der Waals surface area contributed by atoms with Crippen molar-refractivity contribution in [1.82, 2.24) is 10.2 Å². The molecule has 0 aliphatic heterocycles. The van der Waals surface area contributed by atoms with E-state index in [-0.39, 0.29) is 5.91 Å². The van der Waals surface area contributed by atoms with Crippen LogP contribution in [0.5, 0.6) is 0 Å². The van der Waals surface area contributed by atoms with Gasteiger partial charge >= 0.3 is 0 Å². The van der Waals surface area contributed by atoms with Crippen molar-refractivity contribution in [2.75, 3.05) is 5.32 Å². The number of carbonyl (C=O) groups is 1. The molecular weight excluding hydrogens is 374 g/mol. The lowest BCUT2D eigenvalue weighted by molar-refractivity contribution is -0.111. The molecule has 1 atom stereocenters. The Morgan fingerprint density at radius 3 is 2.92 bits per heavy atom. The molecule has 130 valence electrons. The first-order valence-electron chi connectivity index (χ1n) is 8.04. The Kier molecular flexibility index (Phi) is 6.67. The van der Waals surface area contributed by atoms with Gasteiger partial charge in [-0.15, -0.1) is 10.2 Å². The van der Waals surface area contributed by atoms with Gasteiger partial charge in [-0.2, -0.15) is 0 Å². The maximum absolute atomic E-state index is 12.0. The van der Waals surface area contributed by atoms with Gasteiger partial charge in [0.15, 0.2) is 4.34 Å². The zero-order valence-electron chi connectivity index (χ0n) is 13.5. The number of nitrogens with zero attached hydrogens (tertiary/aromatic N) is 2. The molecule has 2 aromatic rings. The van der Waals surface area contributed by atoms with Crippen LogP contribution in [0.2, 0.25) is 5.02 Å². The van der Waals surface area contributed by atoms with E-state index in [1.165, 1.54) is 16.9 Å². The Bertz CT molecular complexity index is 771. The molecule has 0 saturated heterocycles. The second-order valence-corrected chi connectivity index (χ2v) is 8.32. The lowest BCUT2D eigenvalue weighted by Gasteiger charge is -2.12. The first-order chi connectivity index (χ1) is 12.2. The zero-order chi connectivity index (χ0) is 17.5.